The van der Waals surface area contributed by atoms with Crippen LogP contribution in [-0.4, -0.2) is 28.1 Å². The predicted octanol–water partition coefficient (Wildman–Crippen LogP) is 1.95. The van der Waals surface area contributed by atoms with Crippen molar-refractivity contribution in [1.82, 2.24) is 0 Å². The number of aliphatic hydroxyl groups is 1. The molecule has 0 bridgehead atoms. The van der Waals surface area contributed by atoms with E-state index in [-0.39, 0.29) is 11.1 Å². The number of benzene rings is 1. The van der Waals surface area contributed by atoms with Gasteiger partial charge in [-0.2, -0.15) is 0 Å². The molecule has 2 aliphatic rings. The van der Waals surface area contributed by atoms with Crippen molar-refractivity contribution in [3.63, 3.8) is 0 Å². The maximum Gasteiger partial charge on any atom is 0.243 e. The first-order valence-corrected chi connectivity index (χ1v) is 7.02. The highest BCUT2D eigenvalue weighted by molar-refractivity contribution is 6.54. The van der Waals surface area contributed by atoms with Gasteiger partial charge in [0.2, 0.25) is 17.3 Å². The second-order valence-corrected chi connectivity index (χ2v) is 5.63. The summed E-state index contributed by atoms with van der Waals surface area (Å²) in [5.74, 6) is -2.74. The van der Waals surface area contributed by atoms with Crippen molar-refractivity contribution in [2.45, 2.75) is 37.7 Å². The molecule has 1 N–H and O–H groups in total. The standard InChI is InChI=1S/C16H16O4/c17-13-11-8-4-5-9-12(11)14(18)16(20,15(13)19)10-6-2-1-3-7-10/h4-5,8-10,20H,1-3,6-7H2. The van der Waals surface area contributed by atoms with E-state index < -0.39 is 28.9 Å². The van der Waals surface area contributed by atoms with E-state index in [4.69, 9.17) is 0 Å². The lowest BCUT2D eigenvalue weighted by molar-refractivity contribution is -0.134. The van der Waals surface area contributed by atoms with Crippen molar-refractivity contribution in [1.29, 1.82) is 0 Å². The molecule has 0 heterocycles. The van der Waals surface area contributed by atoms with Crippen LogP contribution < -0.4 is 0 Å². The molecule has 4 heteroatoms. The van der Waals surface area contributed by atoms with Gasteiger partial charge >= 0.3 is 0 Å². The Bertz CT molecular complexity index is 598. The van der Waals surface area contributed by atoms with Crippen LogP contribution >= 0.6 is 0 Å². The van der Waals surface area contributed by atoms with Crippen LogP contribution in [0.25, 0.3) is 0 Å². The van der Waals surface area contributed by atoms with Crippen molar-refractivity contribution < 1.29 is 19.5 Å². The zero-order chi connectivity index (χ0) is 14.3. The van der Waals surface area contributed by atoms with Crippen LogP contribution in [0.5, 0.6) is 0 Å². The summed E-state index contributed by atoms with van der Waals surface area (Å²) in [6.07, 6.45) is 4.03. The first-order chi connectivity index (χ1) is 9.56. The van der Waals surface area contributed by atoms with E-state index in [2.05, 4.69) is 0 Å². The molecule has 1 aromatic rings. The third-order valence-corrected chi connectivity index (χ3v) is 4.51. The highest BCUT2D eigenvalue weighted by Gasteiger charge is 2.56. The van der Waals surface area contributed by atoms with E-state index in [0.29, 0.717) is 12.8 Å². The third kappa shape index (κ3) is 1.68. The van der Waals surface area contributed by atoms with E-state index in [9.17, 15) is 19.5 Å². The summed E-state index contributed by atoms with van der Waals surface area (Å²) in [6, 6.07) is 6.23. The van der Waals surface area contributed by atoms with Crippen LogP contribution in [-0.2, 0) is 4.79 Å². The van der Waals surface area contributed by atoms with Gasteiger partial charge in [-0.15, -0.1) is 0 Å². The average Bonchev–Trinajstić information content (AvgIpc) is 2.51. The van der Waals surface area contributed by atoms with Crippen LogP contribution in [0.2, 0.25) is 0 Å². The molecule has 0 aromatic heterocycles. The SMILES string of the molecule is O=C1C(=O)C(O)(C2CCCCC2)C(=O)c2ccccc21. The number of Topliss-reactive ketones (excluding diaryl/α,β-unsaturated/α-hetero) is 3. The minimum atomic E-state index is -2.15. The first-order valence-electron chi connectivity index (χ1n) is 7.02. The molecule has 1 unspecified atom stereocenters. The fraction of sp³-hybridized carbons (Fsp3) is 0.438. The smallest absolute Gasteiger partial charge is 0.243 e. The topological polar surface area (TPSA) is 71.4 Å². The van der Waals surface area contributed by atoms with E-state index >= 15 is 0 Å². The number of carbonyl (C=O) groups excluding carboxylic acids is 3. The number of fused-ring (bicyclic) bond motifs is 1. The summed E-state index contributed by atoms with van der Waals surface area (Å²) in [4.78, 5) is 37.0. The summed E-state index contributed by atoms with van der Waals surface area (Å²) in [5.41, 5.74) is -1.86. The third-order valence-electron chi connectivity index (χ3n) is 4.51. The van der Waals surface area contributed by atoms with Crippen molar-refractivity contribution in [2.75, 3.05) is 0 Å². The molecule has 3 rings (SSSR count). The van der Waals surface area contributed by atoms with Gasteiger partial charge in [0.15, 0.2) is 5.60 Å². The lowest BCUT2D eigenvalue weighted by Crippen LogP contribution is -2.58. The van der Waals surface area contributed by atoms with E-state index in [1.807, 2.05) is 0 Å². The summed E-state index contributed by atoms with van der Waals surface area (Å²) in [7, 11) is 0. The Hall–Kier alpha value is -1.81. The molecular formula is C16H16O4. The van der Waals surface area contributed by atoms with Gasteiger partial charge in [-0.3, -0.25) is 14.4 Å². The first kappa shape index (κ1) is 13.2. The molecule has 1 atom stereocenters. The van der Waals surface area contributed by atoms with Crippen molar-refractivity contribution >= 4 is 17.3 Å². The van der Waals surface area contributed by atoms with Gasteiger partial charge in [0.05, 0.1) is 0 Å². The minimum absolute atomic E-state index is 0.114. The molecular weight excluding hydrogens is 256 g/mol. The number of hydrogen-bond donors (Lipinski definition) is 1. The Balaban J connectivity index is 2.11. The molecule has 0 aliphatic heterocycles. The van der Waals surface area contributed by atoms with E-state index in [1.165, 1.54) is 12.1 Å². The maximum absolute atomic E-state index is 12.6. The average molecular weight is 272 g/mol. The molecule has 0 spiro atoms. The molecule has 0 saturated heterocycles. The summed E-state index contributed by atoms with van der Waals surface area (Å²) >= 11 is 0. The monoisotopic (exact) mass is 272 g/mol. The number of rotatable bonds is 1. The van der Waals surface area contributed by atoms with Crippen LogP contribution in [0.4, 0.5) is 0 Å². The Kier molecular flexibility index (Phi) is 3.05. The zero-order valence-electron chi connectivity index (χ0n) is 11.1. The molecule has 0 amide bonds. The van der Waals surface area contributed by atoms with Gasteiger partial charge in [-0.05, 0) is 12.8 Å². The van der Waals surface area contributed by atoms with Crippen LogP contribution in [0.1, 0.15) is 52.8 Å². The largest absolute Gasteiger partial charge is 0.374 e. The van der Waals surface area contributed by atoms with Crippen LogP contribution in [0, 0.1) is 5.92 Å². The Labute approximate surface area is 116 Å². The highest BCUT2D eigenvalue weighted by atomic mass is 16.3. The molecule has 0 radical (unpaired) electrons. The molecule has 2 aliphatic carbocycles. The minimum Gasteiger partial charge on any atom is -0.374 e. The maximum atomic E-state index is 12.6. The Morgan fingerprint density at radius 1 is 0.900 bits per heavy atom. The Morgan fingerprint density at radius 3 is 2.15 bits per heavy atom. The van der Waals surface area contributed by atoms with Gasteiger partial charge < -0.3 is 5.11 Å². The fourth-order valence-electron chi connectivity index (χ4n) is 3.37. The molecule has 104 valence electrons. The predicted molar refractivity (Wildman–Crippen MR) is 71.6 cm³/mol. The number of hydrogen-bond acceptors (Lipinski definition) is 4. The zero-order valence-corrected chi connectivity index (χ0v) is 11.1. The summed E-state index contributed by atoms with van der Waals surface area (Å²) < 4.78 is 0. The second-order valence-electron chi connectivity index (χ2n) is 5.63. The van der Waals surface area contributed by atoms with Crippen molar-refractivity contribution in [3.8, 4) is 0 Å². The van der Waals surface area contributed by atoms with E-state index in [1.54, 1.807) is 12.1 Å². The van der Waals surface area contributed by atoms with Crippen LogP contribution in [0.3, 0.4) is 0 Å². The summed E-state index contributed by atoms with van der Waals surface area (Å²) in [5, 5.41) is 10.7. The van der Waals surface area contributed by atoms with Gasteiger partial charge in [0.1, 0.15) is 0 Å². The van der Waals surface area contributed by atoms with Crippen LogP contribution in [0.15, 0.2) is 24.3 Å². The van der Waals surface area contributed by atoms with E-state index in [0.717, 1.165) is 19.3 Å². The Morgan fingerprint density at radius 2 is 1.50 bits per heavy atom. The molecule has 1 saturated carbocycles. The lowest BCUT2D eigenvalue weighted by atomic mass is 9.66. The molecule has 1 fully saturated rings. The van der Waals surface area contributed by atoms with Crippen molar-refractivity contribution in [3.05, 3.63) is 35.4 Å². The van der Waals surface area contributed by atoms with Gasteiger partial charge in [-0.1, -0.05) is 43.5 Å². The fourth-order valence-corrected chi connectivity index (χ4v) is 3.37. The quantitative estimate of drug-likeness (QED) is 0.626. The van der Waals surface area contributed by atoms with Crippen molar-refractivity contribution in [2.24, 2.45) is 5.92 Å². The van der Waals surface area contributed by atoms with Gasteiger partial charge in [-0.25, -0.2) is 0 Å². The second kappa shape index (κ2) is 4.63. The highest BCUT2D eigenvalue weighted by Crippen LogP contribution is 2.39. The summed E-state index contributed by atoms with van der Waals surface area (Å²) in [6.45, 7) is 0. The van der Waals surface area contributed by atoms with Gasteiger partial charge in [0.25, 0.3) is 0 Å². The molecule has 1 aromatic carbocycles. The van der Waals surface area contributed by atoms with Gasteiger partial charge in [0, 0.05) is 17.0 Å². The molecule has 4 nitrogen and oxygen atoms in total. The molecule has 20 heavy (non-hydrogen) atoms. The lowest BCUT2D eigenvalue weighted by Gasteiger charge is -2.37. The normalized spacial score (nSPS) is 27.6. The number of ketones is 3. The number of carbonyl (C=O) groups is 3.